The highest BCUT2D eigenvalue weighted by Crippen LogP contribution is 2.29. The van der Waals surface area contributed by atoms with Crippen molar-refractivity contribution in [3.8, 4) is 0 Å². The molecule has 2 rings (SSSR count). The van der Waals surface area contributed by atoms with Crippen LogP contribution in [0.2, 0.25) is 0 Å². The van der Waals surface area contributed by atoms with Crippen molar-refractivity contribution in [1.82, 2.24) is 0 Å². The maximum Gasteiger partial charge on any atom is 0.155 e. The van der Waals surface area contributed by atoms with Crippen LogP contribution in [0.4, 0.5) is 5.69 Å². The number of anilines is 1. The quantitative estimate of drug-likeness (QED) is 0.544. The molecule has 1 aromatic rings. The lowest BCUT2D eigenvalue weighted by atomic mass is 9.94. The molecule has 0 bridgehead atoms. The summed E-state index contributed by atoms with van der Waals surface area (Å²) in [5, 5.41) is 30.4. The highest BCUT2D eigenvalue weighted by Gasteiger charge is 2.18. The highest BCUT2D eigenvalue weighted by molar-refractivity contribution is 5.60. The van der Waals surface area contributed by atoms with Gasteiger partial charge in [-0.2, -0.15) is 0 Å². The molecule has 0 atom stereocenters. The Hall–Kier alpha value is -1.10. The predicted molar refractivity (Wildman–Crippen MR) is 61.4 cm³/mol. The molecule has 0 fully saturated rings. The van der Waals surface area contributed by atoms with Gasteiger partial charge in [-0.05, 0) is 35.6 Å². The number of hydrogen-bond donors (Lipinski definition) is 4. The van der Waals surface area contributed by atoms with E-state index in [9.17, 15) is 0 Å². The van der Waals surface area contributed by atoms with Gasteiger partial charge in [0, 0.05) is 25.3 Å². The molecular weight excluding hydrogens is 206 g/mol. The SMILES string of the molecule is OCCc1ccc2c(c1CC(O)O)CCN2. The zero-order valence-electron chi connectivity index (χ0n) is 9.11. The Bertz CT molecular complexity index is 377. The van der Waals surface area contributed by atoms with E-state index in [4.69, 9.17) is 15.3 Å². The van der Waals surface area contributed by atoms with Crippen LogP contribution in [0.1, 0.15) is 16.7 Å². The van der Waals surface area contributed by atoms with Crippen LogP contribution in [0.15, 0.2) is 12.1 Å². The maximum absolute atomic E-state index is 9.10. The lowest BCUT2D eigenvalue weighted by Crippen LogP contribution is -2.12. The molecule has 0 radical (unpaired) electrons. The number of benzene rings is 1. The summed E-state index contributed by atoms with van der Waals surface area (Å²) in [6.45, 7) is 0.979. The van der Waals surface area contributed by atoms with Crippen LogP contribution in [0, 0.1) is 0 Å². The Labute approximate surface area is 94.5 Å². The first-order valence-electron chi connectivity index (χ1n) is 5.57. The molecule has 0 spiro atoms. The molecule has 0 amide bonds. The molecule has 4 nitrogen and oxygen atoms in total. The average Bonchev–Trinajstić information content (AvgIpc) is 2.69. The van der Waals surface area contributed by atoms with Gasteiger partial charge in [-0.15, -0.1) is 0 Å². The van der Waals surface area contributed by atoms with Gasteiger partial charge in [-0.25, -0.2) is 0 Å². The van der Waals surface area contributed by atoms with E-state index in [2.05, 4.69) is 5.32 Å². The minimum atomic E-state index is -1.33. The number of rotatable bonds is 4. The van der Waals surface area contributed by atoms with Crippen molar-refractivity contribution in [2.75, 3.05) is 18.5 Å². The van der Waals surface area contributed by atoms with Crippen LogP contribution in [-0.2, 0) is 19.3 Å². The molecule has 1 aromatic carbocycles. The van der Waals surface area contributed by atoms with E-state index in [0.29, 0.717) is 6.42 Å². The van der Waals surface area contributed by atoms with E-state index >= 15 is 0 Å². The second-order valence-corrected chi connectivity index (χ2v) is 4.06. The van der Waals surface area contributed by atoms with Crippen LogP contribution in [0.5, 0.6) is 0 Å². The lowest BCUT2D eigenvalue weighted by Gasteiger charge is -2.14. The van der Waals surface area contributed by atoms with Crippen LogP contribution in [0.25, 0.3) is 0 Å². The molecule has 16 heavy (non-hydrogen) atoms. The van der Waals surface area contributed by atoms with Crippen LogP contribution in [-0.4, -0.2) is 34.8 Å². The first kappa shape index (κ1) is 11.4. The zero-order chi connectivity index (χ0) is 11.5. The summed E-state index contributed by atoms with van der Waals surface area (Å²) in [4.78, 5) is 0. The Morgan fingerprint density at radius 1 is 1.31 bits per heavy atom. The topological polar surface area (TPSA) is 72.7 Å². The van der Waals surface area contributed by atoms with Gasteiger partial charge in [0.25, 0.3) is 0 Å². The van der Waals surface area contributed by atoms with E-state index in [1.165, 1.54) is 5.56 Å². The Morgan fingerprint density at radius 2 is 2.12 bits per heavy atom. The fourth-order valence-electron chi connectivity index (χ4n) is 2.31. The minimum absolute atomic E-state index is 0.0841. The predicted octanol–water partition coefficient (Wildman–Crippen LogP) is 0.0426. The fraction of sp³-hybridized carbons (Fsp3) is 0.500. The van der Waals surface area contributed by atoms with Gasteiger partial charge in [0.05, 0.1) is 0 Å². The summed E-state index contributed by atoms with van der Waals surface area (Å²) in [6.07, 6.45) is 0.385. The molecule has 4 heteroatoms. The van der Waals surface area contributed by atoms with Gasteiger partial charge < -0.3 is 20.6 Å². The van der Waals surface area contributed by atoms with Crippen LogP contribution >= 0.6 is 0 Å². The fourth-order valence-corrected chi connectivity index (χ4v) is 2.31. The first-order valence-corrected chi connectivity index (χ1v) is 5.57. The lowest BCUT2D eigenvalue weighted by molar-refractivity contribution is -0.0384. The van der Waals surface area contributed by atoms with Crippen molar-refractivity contribution in [2.45, 2.75) is 25.6 Å². The van der Waals surface area contributed by atoms with Crippen LogP contribution < -0.4 is 5.32 Å². The summed E-state index contributed by atoms with van der Waals surface area (Å²) in [6, 6.07) is 3.95. The van der Waals surface area contributed by atoms with Gasteiger partial charge in [-0.1, -0.05) is 6.07 Å². The standard InChI is InChI=1S/C12H17NO3/c14-6-4-8-1-2-11-9(3-5-13-11)10(8)7-12(15)16/h1-2,12-16H,3-7H2. The van der Waals surface area contributed by atoms with Crippen molar-refractivity contribution >= 4 is 5.69 Å². The normalized spacial score (nSPS) is 14.0. The zero-order valence-corrected chi connectivity index (χ0v) is 9.11. The molecule has 0 unspecified atom stereocenters. The molecule has 0 aliphatic carbocycles. The van der Waals surface area contributed by atoms with E-state index in [1.807, 2.05) is 12.1 Å². The Balaban J connectivity index is 2.38. The molecule has 1 aliphatic heterocycles. The number of hydrogen-bond acceptors (Lipinski definition) is 4. The second kappa shape index (κ2) is 4.82. The molecule has 1 aliphatic rings. The Morgan fingerprint density at radius 3 is 2.81 bits per heavy atom. The number of aliphatic hydroxyl groups excluding tert-OH is 2. The van der Waals surface area contributed by atoms with Gasteiger partial charge in [0.15, 0.2) is 6.29 Å². The molecular formula is C12H17NO3. The number of nitrogens with one attached hydrogen (secondary N) is 1. The minimum Gasteiger partial charge on any atom is -0.396 e. The highest BCUT2D eigenvalue weighted by atomic mass is 16.5. The van der Waals surface area contributed by atoms with Crippen molar-refractivity contribution in [3.05, 3.63) is 28.8 Å². The van der Waals surface area contributed by atoms with Gasteiger partial charge in [0.2, 0.25) is 0 Å². The third kappa shape index (κ3) is 2.19. The monoisotopic (exact) mass is 223 g/mol. The Kier molecular flexibility index (Phi) is 3.43. The summed E-state index contributed by atoms with van der Waals surface area (Å²) in [7, 11) is 0. The summed E-state index contributed by atoms with van der Waals surface area (Å²) >= 11 is 0. The molecule has 88 valence electrons. The number of aliphatic hydroxyl groups is 3. The molecule has 0 saturated carbocycles. The van der Waals surface area contributed by atoms with Crippen molar-refractivity contribution in [2.24, 2.45) is 0 Å². The summed E-state index contributed by atoms with van der Waals surface area (Å²) in [5.41, 5.74) is 4.24. The van der Waals surface area contributed by atoms with E-state index in [0.717, 1.165) is 29.8 Å². The molecule has 0 saturated heterocycles. The second-order valence-electron chi connectivity index (χ2n) is 4.06. The van der Waals surface area contributed by atoms with Gasteiger partial charge in [0.1, 0.15) is 0 Å². The van der Waals surface area contributed by atoms with Gasteiger partial charge >= 0.3 is 0 Å². The van der Waals surface area contributed by atoms with E-state index < -0.39 is 6.29 Å². The third-order valence-corrected chi connectivity index (χ3v) is 2.99. The van der Waals surface area contributed by atoms with Crippen molar-refractivity contribution in [1.29, 1.82) is 0 Å². The van der Waals surface area contributed by atoms with Crippen molar-refractivity contribution < 1.29 is 15.3 Å². The summed E-state index contributed by atoms with van der Waals surface area (Å²) < 4.78 is 0. The molecule has 0 aromatic heterocycles. The van der Waals surface area contributed by atoms with Crippen molar-refractivity contribution in [3.63, 3.8) is 0 Å². The van der Waals surface area contributed by atoms with Crippen LogP contribution in [0.3, 0.4) is 0 Å². The smallest absolute Gasteiger partial charge is 0.155 e. The third-order valence-electron chi connectivity index (χ3n) is 2.99. The maximum atomic E-state index is 9.10. The van der Waals surface area contributed by atoms with E-state index in [-0.39, 0.29) is 13.0 Å². The molecule has 1 heterocycles. The summed E-state index contributed by atoms with van der Waals surface area (Å²) in [5.74, 6) is 0. The van der Waals surface area contributed by atoms with Gasteiger partial charge in [-0.3, -0.25) is 0 Å². The average molecular weight is 223 g/mol. The first-order chi connectivity index (χ1) is 7.72. The van der Waals surface area contributed by atoms with E-state index in [1.54, 1.807) is 0 Å². The largest absolute Gasteiger partial charge is 0.396 e. The number of fused-ring (bicyclic) bond motifs is 1. The molecule has 4 N–H and O–H groups in total.